The van der Waals surface area contributed by atoms with Gasteiger partial charge < -0.3 is 17.6 Å². The van der Waals surface area contributed by atoms with Crippen LogP contribution in [0.15, 0.2) is 3.34 Å². The molecule has 0 aliphatic carbocycles. The molecule has 0 bridgehead atoms. The molecule has 0 aromatic rings. The SMILES string of the molecule is CCC(C)[N]=[Ta].OC(C(F)(F)F)C(F)(F)F.OC(C(F)(F)F)C(F)(F)F.[CH3-]. The van der Waals surface area contributed by atoms with E-state index in [1.54, 1.807) is 0 Å². The van der Waals surface area contributed by atoms with E-state index >= 15 is 0 Å². The third kappa shape index (κ3) is 18.7. The monoisotopic (exact) mass is 603 g/mol. The number of rotatable bonds is 2. The van der Waals surface area contributed by atoms with Crippen LogP contribution in [0.25, 0.3) is 0 Å². The Kier molecular flexibility index (Phi) is 16.4. The molecule has 16 heteroatoms. The van der Waals surface area contributed by atoms with Gasteiger partial charge in [-0.2, -0.15) is 52.7 Å². The van der Waals surface area contributed by atoms with E-state index in [1.165, 1.54) is 27.3 Å². The summed E-state index contributed by atoms with van der Waals surface area (Å²) < 4.78 is 136. The van der Waals surface area contributed by atoms with E-state index in [0.29, 0.717) is 6.04 Å². The molecule has 0 saturated carbocycles. The number of hydrogen-bond acceptors (Lipinski definition) is 3. The van der Waals surface area contributed by atoms with Crippen molar-refractivity contribution >= 4 is 0 Å². The fourth-order valence-electron chi connectivity index (χ4n) is 0.453. The minimum Gasteiger partial charge on any atom is -0.377 e. The summed E-state index contributed by atoms with van der Waals surface area (Å²) in [6.07, 6.45) is -29.8. The summed E-state index contributed by atoms with van der Waals surface area (Å²) in [5.74, 6) is 0. The quantitative estimate of drug-likeness (QED) is 0.349. The number of nitrogens with zero attached hydrogens (tertiary/aromatic N) is 1. The summed E-state index contributed by atoms with van der Waals surface area (Å²) in [4.78, 5) is 0. The Labute approximate surface area is 158 Å². The van der Waals surface area contributed by atoms with Gasteiger partial charge >= 0.3 is 75.2 Å². The summed E-state index contributed by atoms with van der Waals surface area (Å²) in [6, 6.07) is 0.610. The van der Waals surface area contributed by atoms with Gasteiger partial charge in [-0.15, -0.1) is 0 Å². The van der Waals surface area contributed by atoms with Crippen LogP contribution in [0.1, 0.15) is 20.3 Å². The fraction of sp³-hybridized carbons (Fsp3) is 0.909. The molecule has 0 saturated heterocycles. The topological polar surface area (TPSA) is 52.8 Å². The molecule has 0 heterocycles. The smallest absolute Gasteiger partial charge is 0.377 e. The van der Waals surface area contributed by atoms with Gasteiger partial charge in [0.2, 0.25) is 12.2 Å². The predicted octanol–water partition coefficient (Wildman–Crippen LogP) is 4.91. The van der Waals surface area contributed by atoms with Crippen molar-refractivity contribution in [2.75, 3.05) is 0 Å². The van der Waals surface area contributed by atoms with Crippen LogP contribution in [0, 0.1) is 7.43 Å². The maximum absolute atomic E-state index is 11.0. The third-order valence-electron chi connectivity index (χ3n) is 2.03. The summed E-state index contributed by atoms with van der Waals surface area (Å²) in [5, 5.41) is 14.9. The third-order valence-corrected chi connectivity index (χ3v) is 3.44. The van der Waals surface area contributed by atoms with Gasteiger partial charge in [-0.3, -0.25) is 0 Å². The van der Waals surface area contributed by atoms with Crippen LogP contribution in [0.5, 0.6) is 0 Å². The van der Waals surface area contributed by atoms with Crippen molar-refractivity contribution < 1.29 is 83.8 Å². The van der Waals surface area contributed by atoms with Crippen molar-refractivity contribution in [3.05, 3.63) is 7.43 Å². The van der Waals surface area contributed by atoms with E-state index in [1.807, 2.05) is 0 Å². The van der Waals surface area contributed by atoms with Crippen molar-refractivity contribution in [2.45, 2.75) is 63.2 Å². The van der Waals surface area contributed by atoms with Crippen molar-refractivity contribution in [3.63, 3.8) is 0 Å². The molecule has 2 N–H and O–H groups in total. The summed E-state index contributed by atoms with van der Waals surface area (Å²) in [7, 11) is 0. The molecule has 27 heavy (non-hydrogen) atoms. The van der Waals surface area contributed by atoms with Crippen LogP contribution < -0.4 is 0 Å². The Bertz CT molecular complexity index is 333. The fourth-order valence-corrected chi connectivity index (χ4v) is 1.04. The van der Waals surface area contributed by atoms with Gasteiger partial charge in [-0.25, -0.2) is 0 Å². The Hall–Kier alpha value is -0.380. The Balaban J connectivity index is -0.000000149. The standard InChI is InChI=1S/C4H9N.2C3H2F6O.CH3.Ta/c1-3-4(2)5;2*4-2(5,6)1(10)3(7,8)9;;/h4H,3H2,1-2H3;2*1,10H;1H3;/q;;;-1;. The number of alkyl halides is 12. The van der Waals surface area contributed by atoms with E-state index in [0.717, 1.165) is 0 Å². The molecule has 0 aliphatic rings. The molecule has 0 amide bonds. The second-order valence-electron chi connectivity index (χ2n) is 4.34. The Morgan fingerprint density at radius 3 is 0.889 bits per heavy atom. The largest absolute Gasteiger partial charge is 0.423 e. The van der Waals surface area contributed by atoms with Crippen LogP contribution in [0.3, 0.4) is 0 Å². The zero-order valence-corrected chi connectivity index (χ0v) is 17.0. The number of halogens is 12. The predicted molar refractivity (Wildman–Crippen MR) is 64.8 cm³/mol. The first-order valence-corrected chi connectivity index (χ1v) is 7.53. The molecule has 167 valence electrons. The molecule has 3 nitrogen and oxygen atoms in total. The van der Waals surface area contributed by atoms with Crippen molar-refractivity contribution in [1.82, 2.24) is 0 Å². The maximum Gasteiger partial charge on any atom is 0.423 e. The van der Waals surface area contributed by atoms with Crippen molar-refractivity contribution in [2.24, 2.45) is 3.34 Å². The van der Waals surface area contributed by atoms with Gasteiger partial charge in [0.05, 0.1) is 0 Å². The second kappa shape index (κ2) is 13.0. The molecule has 0 aromatic carbocycles. The van der Waals surface area contributed by atoms with Crippen molar-refractivity contribution in [3.8, 4) is 0 Å². The molecule has 0 radical (unpaired) electrons. The molecule has 1 unspecified atom stereocenters. The number of hydrogen-bond donors (Lipinski definition) is 2. The van der Waals surface area contributed by atoms with E-state index in [4.69, 9.17) is 10.2 Å². The number of aliphatic hydroxyl groups excluding tert-OH is 2. The summed E-state index contributed by atoms with van der Waals surface area (Å²) in [6.45, 7) is 4.29. The van der Waals surface area contributed by atoms with Gasteiger partial charge in [-0.05, 0) is 0 Å². The average Bonchev–Trinajstić information content (AvgIpc) is 2.42. The van der Waals surface area contributed by atoms with E-state index in [-0.39, 0.29) is 7.43 Å². The van der Waals surface area contributed by atoms with E-state index < -0.39 is 36.9 Å². The van der Waals surface area contributed by atoms with Crippen LogP contribution in [-0.4, -0.2) is 53.2 Å². The maximum atomic E-state index is 11.0. The van der Waals surface area contributed by atoms with Crippen LogP contribution in [-0.2, 0) is 20.9 Å². The van der Waals surface area contributed by atoms with Crippen LogP contribution in [0.4, 0.5) is 52.7 Å². The van der Waals surface area contributed by atoms with Gasteiger partial charge in [0.15, 0.2) is 0 Å². The van der Waals surface area contributed by atoms with Gasteiger partial charge in [0, 0.05) is 0 Å². The molecule has 0 rings (SSSR count). The molecule has 0 aromatic heterocycles. The molecular weight excluding hydrogens is 587 g/mol. The van der Waals surface area contributed by atoms with Gasteiger partial charge in [0.1, 0.15) is 0 Å². The van der Waals surface area contributed by atoms with Crippen LogP contribution >= 0.6 is 0 Å². The second-order valence-corrected chi connectivity index (χ2v) is 5.17. The van der Waals surface area contributed by atoms with Crippen molar-refractivity contribution in [1.29, 1.82) is 0 Å². The Morgan fingerprint density at radius 1 is 0.704 bits per heavy atom. The minimum absolute atomic E-state index is 0. The van der Waals surface area contributed by atoms with Gasteiger partial charge in [-0.1, -0.05) is 0 Å². The molecule has 0 spiro atoms. The summed E-state index contributed by atoms with van der Waals surface area (Å²) in [5.41, 5.74) is 0. The first kappa shape index (κ1) is 34.1. The molecular formula is C11H16F12NO2Ta-. The van der Waals surface area contributed by atoms with E-state index in [9.17, 15) is 52.7 Å². The normalized spacial score (nSPS) is 13.7. The van der Waals surface area contributed by atoms with E-state index in [2.05, 4.69) is 17.2 Å². The zero-order valence-electron chi connectivity index (χ0n) is 13.8. The first-order chi connectivity index (χ1) is 11.1. The average molecular weight is 603 g/mol. The molecule has 0 aliphatic heterocycles. The van der Waals surface area contributed by atoms with Gasteiger partial charge in [0.25, 0.3) is 0 Å². The minimum atomic E-state index is -5.63. The molecule has 0 fully saturated rings. The first-order valence-electron chi connectivity index (χ1n) is 6.09. The van der Waals surface area contributed by atoms with Crippen LogP contribution in [0.2, 0.25) is 0 Å². The summed E-state index contributed by atoms with van der Waals surface area (Å²) >= 11 is 1.18. The number of aliphatic hydroxyl groups is 2. The zero-order chi connectivity index (χ0) is 22.1. The molecule has 1 atom stereocenters. The Morgan fingerprint density at radius 2 is 0.889 bits per heavy atom.